The van der Waals surface area contributed by atoms with E-state index in [-0.39, 0.29) is 0 Å². The summed E-state index contributed by atoms with van der Waals surface area (Å²) in [5, 5.41) is 0. The summed E-state index contributed by atoms with van der Waals surface area (Å²) >= 11 is 0. The molecule has 0 bridgehead atoms. The second-order valence-electron chi connectivity index (χ2n) is 4.72. The second kappa shape index (κ2) is 6.02. The monoisotopic (exact) mass is 220 g/mol. The number of rotatable bonds is 5. The first-order valence-electron chi connectivity index (χ1n) is 6.05. The Kier molecular flexibility index (Phi) is 4.97. The third-order valence-corrected chi connectivity index (χ3v) is 3.15. The molecule has 0 spiro atoms. The summed E-state index contributed by atoms with van der Waals surface area (Å²) in [5.41, 5.74) is 9.86. The Morgan fingerprint density at radius 3 is 2.19 bits per heavy atom. The van der Waals surface area contributed by atoms with Crippen LogP contribution < -0.4 is 5.73 Å². The summed E-state index contributed by atoms with van der Waals surface area (Å²) in [4.78, 5) is 2.43. The molecule has 0 aromatic heterocycles. The molecule has 0 amide bonds. The maximum Gasteiger partial charge on any atom is 0.0242 e. The molecule has 2 N–H and O–H groups in total. The van der Waals surface area contributed by atoms with Crippen molar-refractivity contribution in [3.05, 3.63) is 34.9 Å². The number of aryl methyl sites for hydroxylation is 2. The van der Waals surface area contributed by atoms with Crippen molar-refractivity contribution in [3.8, 4) is 0 Å². The number of hydrogen-bond acceptors (Lipinski definition) is 2. The van der Waals surface area contributed by atoms with Gasteiger partial charge in [-0.25, -0.2) is 0 Å². The van der Waals surface area contributed by atoms with Gasteiger partial charge < -0.3 is 5.73 Å². The van der Waals surface area contributed by atoms with Crippen LogP contribution in [0.15, 0.2) is 18.2 Å². The molecule has 0 fully saturated rings. The van der Waals surface area contributed by atoms with Gasteiger partial charge in [0.2, 0.25) is 0 Å². The molecule has 1 aromatic rings. The minimum Gasteiger partial charge on any atom is -0.329 e. The fourth-order valence-corrected chi connectivity index (χ4v) is 1.99. The molecular weight excluding hydrogens is 196 g/mol. The molecule has 0 unspecified atom stereocenters. The van der Waals surface area contributed by atoms with Gasteiger partial charge in [0.1, 0.15) is 0 Å². The van der Waals surface area contributed by atoms with E-state index in [1.807, 2.05) is 0 Å². The van der Waals surface area contributed by atoms with Gasteiger partial charge in [-0.15, -0.1) is 0 Å². The Morgan fingerprint density at radius 1 is 1.19 bits per heavy atom. The van der Waals surface area contributed by atoms with Crippen LogP contribution in [-0.4, -0.2) is 24.0 Å². The van der Waals surface area contributed by atoms with Gasteiger partial charge in [-0.2, -0.15) is 0 Å². The van der Waals surface area contributed by atoms with Crippen molar-refractivity contribution in [2.45, 2.75) is 40.3 Å². The van der Waals surface area contributed by atoms with Crippen molar-refractivity contribution < 1.29 is 0 Å². The Bertz CT molecular complexity index is 311. The summed E-state index contributed by atoms with van der Waals surface area (Å²) < 4.78 is 0. The van der Waals surface area contributed by atoms with Gasteiger partial charge in [-0.3, -0.25) is 4.90 Å². The van der Waals surface area contributed by atoms with Gasteiger partial charge >= 0.3 is 0 Å². The third kappa shape index (κ3) is 3.32. The number of hydrogen-bond donors (Lipinski definition) is 1. The van der Waals surface area contributed by atoms with Gasteiger partial charge in [0.25, 0.3) is 0 Å². The van der Waals surface area contributed by atoms with Crippen LogP contribution in [-0.2, 0) is 6.54 Å². The van der Waals surface area contributed by atoms with Crippen LogP contribution >= 0.6 is 0 Å². The van der Waals surface area contributed by atoms with E-state index in [0.717, 1.165) is 19.6 Å². The molecule has 0 heterocycles. The van der Waals surface area contributed by atoms with Crippen molar-refractivity contribution in [2.75, 3.05) is 13.1 Å². The zero-order chi connectivity index (χ0) is 12.1. The smallest absolute Gasteiger partial charge is 0.0242 e. The Labute approximate surface area is 99.5 Å². The zero-order valence-electron chi connectivity index (χ0n) is 11.0. The predicted molar refractivity (Wildman–Crippen MR) is 70.5 cm³/mol. The SMILES string of the molecule is Cc1cccc(C)c1CN(CCN)C(C)C. The quantitative estimate of drug-likeness (QED) is 0.826. The highest BCUT2D eigenvalue weighted by Gasteiger charge is 2.11. The number of nitrogens with zero attached hydrogens (tertiary/aromatic N) is 1. The molecule has 2 nitrogen and oxygen atoms in total. The molecule has 0 aliphatic heterocycles. The normalized spacial score (nSPS) is 11.4. The van der Waals surface area contributed by atoms with Crippen molar-refractivity contribution >= 4 is 0 Å². The van der Waals surface area contributed by atoms with Crippen molar-refractivity contribution in [1.82, 2.24) is 4.90 Å². The van der Waals surface area contributed by atoms with E-state index in [4.69, 9.17) is 5.73 Å². The van der Waals surface area contributed by atoms with Gasteiger partial charge in [0.05, 0.1) is 0 Å². The summed E-state index contributed by atoms with van der Waals surface area (Å²) in [6.07, 6.45) is 0. The molecule has 16 heavy (non-hydrogen) atoms. The van der Waals surface area contributed by atoms with Crippen LogP contribution in [0.5, 0.6) is 0 Å². The average molecular weight is 220 g/mol. The molecular formula is C14H24N2. The van der Waals surface area contributed by atoms with Gasteiger partial charge in [0, 0.05) is 25.7 Å². The summed E-state index contributed by atoms with van der Waals surface area (Å²) in [7, 11) is 0. The van der Waals surface area contributed by atoms with Gasteiger partial charge in [-0.1, -0.05) is 18.2 Å². The maximum atomic E-state index is 5.66. The molecule has 1 rings (SSSR count). The van der Waals surface area contributed by atoms with Crippen LogP contribution in [0.2, 0.25) is 0 Å². The predicted octanol–water partition coefficient (Wildman–Crippen LogP) is 2.47. The lowest BCUT2D eigenvalue weighted by atomic mass is 10.0. The maximum absolute atomic E-state index is 5.66. The average Bonchev–Trinajstić information content (AvgIpc) is 2.21. The molecule has 0 radical (unpaired) electrons. The Hall–Kier alpha value is -0.860. The van der Waals surface area contributed by atoms with Crippen molar-refractivity contribution in [3.63, 3.8) is 0 Å². The standard InChI is InChI=1S/C14H24N2/c1-11(2)16(9-8-15)10-14-12(3)6-5-7-13(14)4/h5-7,11H,8-10,15H2,1-4H3. The van der Waals surface area contributed by atoms with E-state index < -0.39 is 0 Å². The fraction of sp³-hybridized carbons (Fsp3) is 0.571. The van der Waals surface area contributed by atoms with Crippen LogP contribution in [0.1, 0.15) is 30.5 Å². The molecule has 0 atom stereocenters. The molecule has 0 saturated heterocycles. The first kappa shape index (κ1) is 13.2. The summed E-state index contributed by atoms with van der Waals surface area (Å²) in [5.74, 6) is 0. The lowest BCUT2D eigenvalue weighted by molar-refractivity contribution is 0.218. The van der Waals surface area contributed by atoms with E-state index in [2.05, 4.69) is 50.8 Å². The number of nitrogens with two attached hydrogens (primary N) is 1. The lowest BCUT2D eigenvalue weighted by Gasteiger charge is -2.27. The minimum absolute atomic E-state index is 0.544. The van der Waals surface area contributed by atoms with E-state index in [9.17, 15) is 0 Å². The first-order chi connectivity index (χ1) is 7.56. The zero-order valence-corrected chi connectivity index (χ0v) is 11.0. The van der Waals surface area contributed by atoms with Crippen LogP contribution in [0.4, 0.5) is 0 Å². The molecule has 2 heteroatoms. The van der Waals surface area contributed by atoms with E-state index >= 15 is 0 Å². The van der Waals surface area contributed by atoms with E-state index in [1.54, 1.807) is 0 Å². The van der Waals surface area contributed by atoms with Crippen molar-refractivity contribution in [1.29, 1.82) is 0 Å². The summed E-state index contributed by atoms with van der Waals surface area (Å²) in [6, 6.07) is 7.03. The highest BCUT2D eigenvalue weighted by molar-refractivity contribution is 5.33. The second-order valence-corrected chi connectivity index (χ2v) is 4.72. The van der Waals surface area contributed by atoms with E-state index in [0.29, 0.717) is 6.04 Å². The fourth-order valence-electron chi connectivity index (χ4n) is 1.99. The van der Waals surface area contributed by atoms with Crippen LogP contribution in [0, 0.1) is 13.8 Å². The van der Waals surface area contributed by atoms with E-state index in [1.165, 1.54) is 16.7 Å². The van der Waals surface area contributed by atoms with Gasteiger partial charge in [-0.05, 0) is 44.4 Å². The number of benzene rings is 1. The minimum atomic E-state index is 0.544. The topological polar surface area (TPSA) is 29.3 Å². The van der Waals surface area contributed by atoms with Crippen molar-refractivity contribution in [2.24, 2.45) is 5.73 Å². The van der Waals surface area contributed by atoms with Gasteiger partial charge in [0.15, 0.2) is 0 Å². The first-order valence-corrected chi connectivity index (χ1v) is 6.05. The van der Waals surface area contributed by atoms with Crippen LogP contribution in [0.25, 0.3) is 0 Å². The largest absolute Gasteiger partial charge is 0.329 e. The molecule has 90 valence electrons. The summed E-state index contributed by atoms with van der Waals surface area (Å²) in [6.45, 7) is 11.5. The molecule has 0 aliphatic rings. The highest BCUT2D eigenvalue weighted by Crippen LogP contribution is 2.16. The third-order valence-electron chi connectivity index (χ3n) is 3.15. The molecule has 0 aliphatic carbocycles. The Morgan fingerprint density at radius 2 is 1.75 bits per heavy atom. The molecule has 0 saturated carbocycles. The van der Waals surface area contributed by atoms with Crippen LogP contribution in [0.3, 0.4) is 0 Å². The molecule has 1 aromatic carbocycles. The highest BCUT2D eigenvalue weighted by atomic mass is 15.1. The lowest BCUT2D eigenvalue weighted by Crippen LogP contribution is -2.35. The Balaban J connectivity index is 2.84.